The molecule has 1 aromatic heterocycles. The zero-order chi connectivity index (χ0) is 18.5. The summed E-state index contributed by atoms with van der Waals surface area (Å²) in [5.74, 6) is 0.206. The van der Waals surface area contributed by atoms with Crippen LogP contribution in [-0.2, 0) is 31.0 Å². The molecule has 3 rings (SSSR count). The second-order valence-electron chi connectivity index (χ2n) is 6.18. The molecular formula is C18H22F2N4O2. The van der Waals surface area contributed by atoms with Gasteiger partial charge in [-0.2, -0.15) is 13.9 Å². The molecule has 1 aliphatic rings. The Hall–Kier alpha value is -2.48. The number of nitrogens with zero attached hydrogens (tertiary/aromatic N) is 3. The maximum Gasteiger partial charge on any atom is 0.387 e. The molecule has 6 nitrogen and oxygen atoms in total. The van der Waals surface area contributed by atoms with Crippen molar-refractivity contribution >= 4 is 5.91 Å². The van der Waals surface area contributed by atoms with Gasteiger partial charge in [0, 0.05) is 31.6 Å². The summed E-state index contributed by atoms with van der Waals surface area (Å²) in [5.41, 5.74) is 2.60. The number of ether oxygens (including phenoxy) is 1. The monoisotopic (exact) mass is 364 g/mol. The number of aromatic nitrogens is 2. The highest BCUT2D eigenvalue weighted by atomic mass is 19.3. The molecule has 0 spiro atoms. The molecule has 0 unspecified atom stereocenters. The van der Waals surface area contributed by atoms with Gasteiger partial charge in [-0.1, -0.05) is 25.1 Å². The molecule has 8 heteroatoms. The third-order valence-electron chi connectivity index (χ3n) is 4.30. The summed E-state index contributed by atoms with van der Waals surface area (Å²) in [5, 5.41) is 7.33. The molecule has 2 aromatic rings. The van der Waals surface area contributed by atoms with E-state index in [0.717, 1.165) is 30.0 Å². The molecule has 0 fully saturated rings. The van der Waals surface area contributed by atoms with E-state index in [-0.39, 0.29) is 11.7 Å². The Morgan fingerprint density at radius 3 is 2.92 bits per heavy atom. The molecule has 140 valence electrons. The van der Waals surface area contributed by atoms with Gasteiger partial charge in [-0.25, -0.2) is 0 Å². The van der Waals surface area contributed by atoms with Crippen molar-refractivity contribution in [3.8, 4) is 5.75 Å². The van der Waals surface area contributed by atoms with E-state index >= 15 is 0 Å². The van der Waals surface area contributed by atoms with Crippen LogP contribution in [-0.4, -0.2) is 33.7 Å². The molecule has 0 radical (unpaired) electrons. The van der Waals surface area contributed by atoms with Crippen LogP contribution in [0.4, 0.5) is 8.78 Å². The smallest absolute Gasteiger partial charge is 0.387 e. The number of amides is 1. The Balaban J connectivity index is 1.64. The maximum absolute atomic E-state index is 12.6. The molecule has 26 heavy (non-hydrogen) atoms. The van der Waals surface area contributed by atoms with Gasteiger partial charge >= 0.3 is 6.61 Å². The van der Waals surface area contributed by atoms with Crippen LogP contribution in [0.3, 0.4) is 0 Å². The maximum atomic E-state index is 12.6. The number of para-hydroxylation sites is 1. The Kier molecular flexibility index (Phi) is 5.82. The van der Waals surface area contributed by atoms with Crippen molar-refractivity contribution in [2.24, 2.45) is 0 Å². The number of nitrogens with one attached hydrogen (secondary N) is 1. The highest BCUT2D eigenvalue weighted by Gasteiger charge is 2.20. The number of fused-ring (bicyclic) bond motifs is 1. The number of benzene rings is 1. The normalized spacial score (nSPS) is 14.3. The lowest BCUT2D eigenvalue weighted by Crippen LogP contribution is -2.33. The number of carbonyl (C=O) groups is 1. The molecule has 0 aliphatic carbocycles. The summed E-state index contributed by atoms with van der Waals surface area (Å²) >= 11 is 0. The number of alkyl halides is 2. The van der Waals surface area contributed by atoms with Gasteiger partial charge in [0.05, 0.1) is 24.5 Å². The van der Waals surface area contributed by atoms with E-state index < -0.39 is 6.61 Å². The number of rotatable bonds is 7. The highest BCUT2D eigenvalue weighted by Crippen LogP contribution is 2.24. The number of carbonyl (C=O) groups excluding carboxylic acids is 1. The quantitative estimate of drug-likeness (QED) is 0.820. The summed E-state index contributed by atoms with van der Waals surface area (Å²) in [6.45, 7) is 2.06. The summed E-state index contributed by atoms with van der Waals surface area (Å²) in [6, 6.07) is 8.84. The Morgan fingerprint density at radius 2 is 2.15 bits per heavy atom. The Bertz CT molecular complexity index is 763. The molecular weight excluding hydrogens is 342 g/mol. The lowest BCUT2D eigenvalue weighted by molar-refractivity contribution is -0.120. The molecule has 0 saturated carbocycles. The first-order valence-electron chi connectivity index (χ1n) is 8.62. The van der Waals surface area contributed by atoms with Gasteiger partial charge in [0.1, 0.15) is 5.75 Å². The SMILES string of the molecule is CCC(=O)NCc1cc2n(n1)CCN(Cc1ccccc1OC(F)F)C2. The average molecular weight is 364 g/mol. The fourth-order valence-electron chi connectivity index (χ4n) is 3.00. The second kappa shape index (κ2) is 8.27. The van der Waals surface area contributed by atoms with E-state index in [4.69, 9.17) is 0 Å². The van der Waals surface area contributed by atoms with Crippen LogP contribution in [0.2, 0.25) is 0 Å². The first kappa shape index (κ1) is 18.3. The van der Waals surface area contributed by atoms with Crippen molar-refractivity contribution in [2.75, 3.05) is 6.54 Å². The summed E-state index contributed by atoms with van der Waals surface area (Å²) in [6.07, 6.45) is 0.446. The van der Waals surface area contributed by atoms with E-state index in [9.17, 15) is 13.6 Å². The van der Waals surface area contributed by atoms with Crippen LogP contribution in [0.5, 0.6) is 5.75 Å². The fourth-order valence-corrected chi connectivity index (χ4v) is 3.00. The van der Waals surface area contributed by atoms with Crippen LogP contribution in [0, 0.1) is 0 Å². The molecule has 0 bridgehead atoms. The van der Waals surface area contributed by atoms with Crippen molar-refractivity contribution in [1.29, 1.82) is 0 Å². The van der Waals surface area contributed by atoms with Gasteiger partial charge in [-0.3, -0.25) is 14.4 Å². The van der Waals surface area contributed by atoms with Crippen LogP contribution in [0.25, 0.3) is 0 Å². The predicted octanol–water partition coefficient (Wildman–Crippen LogP) is 2.53. The number of halogens is 2. The van der Waals surface area contributed by atoms with E-state index in [2.05, 4.69) is 20.1 Å². The van der Waals surface area contributed by atoms with Crippen LogP contribution >= 0.6 is 0 Å². The standard InChI is InChI=1S/C18H22F2N4O2/c1-2-17(25)21-10-14-9-15-12-23(7-8-24(15)22-14)11-13-5-3-4-6-16(13)26-18(19)20/h3-6,9,18H,2,7-8,10-12H2,1H3,(H,21,25). The summed E-state index contributed by atoms with van der Waals surface area (Å²) in [4.78, 5) is 13.5. The largest absolute Gasteiger partial charge is 0.434 e. The van der Waals surface area contributed by atoms with Gasteiger partial charge in [0.2, 0.25) is 5.91 Å². The Morgan fingerprint density at radius 1 is 1.35 bits per heavy atom. The summed E-state index contributed by atoms with van der Waals surface area (Å²) in [7, 11) is 0. The molecule has 2 heterocycles. The fraction of sp³-hybridized carbons (Fsp3) is 0.444. The van der Waals surface area contributed by atoms with Crippen molar-refractivity contribution < 1.29 is 18.3 Å². The number of hydrogen-bond donors (Lipinski definition) is 1. The van der Waals surface area contributed by atoms with Gasteiger partial charge in [0.15, 0.2) is 0 Å². The van der Waals surface area contributed by atoms with E-state index in [1.807, 2.05) is 16.8 Å². The first-order chi connectivity index (χ1) is 12.5. The van der Waals surface area contributed by atoms with Crippen molar-refractivity contribution in [2.45, 2.75) is 46.1 Å². The van der Waals surface area contributed by atoms with Crippen LogP contribution in [0.1, 0.15) is 30.3 Å². The highest BCUT2D eigenvalue weighted by molar-refractivity contribution is 5.75. The molecule has 1 aliphatic heterocycles. The third kappa shape index (κ3) is 4.57. The molecule has 0 saturated heterocycles. The molecule has 1 amide bonds. The van der Waals surface area contributed by atoms with E-state index in [1.54, 1.807) is 25.1 Å². The number of hydrogen-bond acceptors (Lipinski definition) is 4. The minimum Gasteiger partial charge on any atom is -0.434 e. The third-order valence-corrected chi connectivity index (χ3v) is 4.30. The minimum atomic E-state index is -2.83. The van der Waals surface area contributed by atoms with Gasteiger partial charge in [-0.15, -0.1) is 0 Å². The van der Waals surface area contributed by atoms with Crippen molar-refractivity contribution in [3.05, 3.63) is 47.3 Å². The van der Waals surface area contributed by atoms with E-state index in [0.29, 0.717) is 26.1 Å². The topological polar surface area (TPSA) is 59.4 Å². The van der Waals surface area contributed by atoms with Crippen molar-refractivity contribution in [1.82, 2.24) is 20.0 Å². The van der Waals surface area contributed by atoms with Crippen molar-refractivity contribution in [3.63, 3.8) is 0 Å². The van der Waals surface area contributed by atoms with Gasteiger partial charge in [-0.05, 0) is 12.1 Å². The van der Waals surface area contributed by atoms with Crippen LogP contribution < -0.4 is 10.1 Å². The second-order valence-corrected chi connectivity index (χ2v) is 6.18. The molecule has 1 N–H and O–H groups in total. The predicted molar refractivity (Wildman–Crippen MR) is 91.6 cm³/mol. The van der Waals surface area contributed by atoms with E-state index in [1.165, 1.54) is 0 Å². The van der Waals surface area contributed by atoms with Gasteiger partial charge < -0.3 is 10.1 Å². The molecule has 1 aromatic carbocycles. The zero-order valence-electron chi connectivity index (χ0n) is 14.6. The lowest BCUT2D eigenvalue weighted by atomic mass is 10.1. The lowest BCUT2D eigenvalue weighted by Gasteiger charge is -2.28. The molecule has 0 atom stereocenters. The van der Waals surface area contributed by atoms with Gasteiger partial charge in [0.25, 0.3) is 0 Å². The minimum absolute atomic E-state index is 0.00626. The summed E-state index contributed by atoms with van der Waals surface area (Å²) < 4.78 is 31.7. The zero-order valence-corrected chi connectivity index (χ0v) is 14.6. The Labute approximate surface area is 150 Å². The van der Waals surface area contributed by atoms with Crippen LogP contribution in [0.15, 0.2) is 30.3 Å². The average Bonchev–Trinajstić information content (AvgIpc) is 3.03. The first-order valence-corrected chi connectivity index (χ1v) is 8.62.